The first-order chi connectivity index (χ1) is 19.8. The van der Waals surface area contributed by atoms with Crippen molar-refractivity contribution >= 4 is 5.97 Å². The van der Waals surface area contributed by atoms with Gasteiger partial charge in [0.25, 0.3) is 0 Å². The second-order valence-corrected chi connectivity index (χ2v) is 18.3. The van der Waals surface area contributed by atoms with Crippen molar-refractivity contribution in [3.63, 3.8) is 0 Å². The summed E-state index contributed by atoms with van der Waals surface area (Å²) in [5.74, 6) is 1.03. The van der Waals surface area contributed by atoms with Gasteiger partial charge < -0.3 is 25.2 Å². The molecule has 4 saturated carbocycles. The summed E-state index contributed by atoms with van der Waals surface area (Å²) in [4.78, 5) is 12.9. The third-order valence-electron chi connectivity index (χ3n) is 15.8. The molecule has 4 N–H and O–H groups in total. The van der Waals surface area contributed by atoms with E-state index in [1.54, 1.807) is 6.92 Å². The summed E-state index contributed by atoms with van der Waals surface area (Å²) in [6, 6.07) is 0. The summed E-state index contributed by atoms with van der Waals surface area (Å²) < 4.78 is 6.09. The Morgan fingerprint density at radius 3 is 2.21 bits per heavy atom. The monoisotopic (exact) mass is 600 g/mol. The minimum absolute atomic E-state index is 0.0229. The van der Waals surface area contributed by atoms with E-state index in [1.165, 1.54) is 18.4 Å². The number of carboxylic acids is 1. The highest BCUT2D eigenvalue weighted by atomic mass is 16.5. The molecule has 5 aliphatic carbocycles. The predicted molar refractivity (Wildman–Crippen MR) is 167 cm³/mol. The van der Waals surface area contributed by atoms with Crippen LogP contribution < -0.4 is 0 Å². The Morgan fingerprint density at radius 1 is 0.860 bits per heavy atom. The maximum Gasteiger partial charge on any atom is 0.310 e. The molecule has 43 heavy (non-hydrogen) atoms. The lowest BCUT2D eigenvalue weighted by atomic mass is 9.33. The van der Waals surface area contributed by atoms with Crippen LogP contribution in [0.25, 0.3) is 0 Å². The van der Waals surface area contributed by atoms with E-state index in [9.17, 15) is 25.2 Å². The fraction of sp³-hybridized carbons (Fsp3) is 0.919. The highest BCUT2D eigenvalue weighted by Crippen LogP contribution is 2.76. The summed E-state index contributed by atoms with van der Waals surface area (Å²) in [6.45, 7) is 19.0. The number of aliphatic hydroxyl groups is 3. The maximum absolute atomic E-state index is 12.9. The molecular weight excluding hydrogens is 540 g/mol. The highest BCUT2D eigenvalue weighted by molar-refractivity contribution is 5.76. The number of ether oxygens (including phenoxy) is 1. The van der Waals surface area contributed by atoms with Gasteiger partial charge in [0.05, 0.1) is 17.6 Å². The van der Waals surface area contributed by atoms with Crippen LogP contribution >= 0.6 is 0 Å². The van der Waals surface area contributed by atoms with Gasteiger partial charge in [0.1, 0.15) is 18.3 Å². The van der Waals surface area contributed by atoms with Crippen LogP contribution in [-0.4, -0.2) is 56.9 Å². The van der Waals surface area contributed by atoms with E-state index < -0.39 is 41.9 Å². The molecule has 13 atom stereocenters. The van der Waals surface area contributed by atoms with Crippen molar-refractivity contribution in [3.8, 4) is 0 Å². The van der Waals surface area contributed by atoms with Crippen molar-refractivity contribution in [1.29, 1.82) is 0 Å². The van der Waals surface area contributed by atoms with E-state index in [2.05, 4.69) is 54.5 Å². The molecule has 6 aliphatic rings. The molecule has 0 aromatic carbocycles. The molecule has 1 saturated heterocycles. The molecule has 5 fully saturated rings. The summed E-state index contributed by atoms with van der Waals surface area (Å²) in [5, 5.41) is 42.2. The Morgan fingerprint density at radius 2 is 1.53 bits per heavy atom. The van der Waals surface area contributed by atoms with Crippen LogP contribution in [0, 0.1) is 56.2 Å². The van der Waals surface area contributed by atoms with Gasteiger partial charge in [-0.15, -0.1) is 0 Å². The average molecular weight is 601 g/mol. The third kappa shape index (κ3) is 4.34. The second-order valence-electron chi connectivity index (χ2n) is 18.3. The van der Waals surface area contributed by atoms with Crippen LogP contribution in [0.2, 0.25) is 0 Å². The molecule has 0 radical (unpaired) electrons. The molecule has 1 heterocycles. The van der Waals surface area contributed by atoms with Gasteiger partial charge in [0.2, 0.25) is 0 Å². The van der Waals surface area contributed by atoms with Crippen molar-refractivity contribution < 1.29 is 30.0 Å². The van der Waals surface area contributed by atoms with E-state index in [-0.39, 0.29) is 33.0 Å². The topological polar surface area (TPSA) is 107 Å². The van der Waals surface area contributed by atoms with Crippen LogP contribution in [0.1, 0.15) is 126 Å². The van der Waals surface area contributed by atoms with Gasteiger partial charge in [-0.3, -0.25) is 4.79 Å². The number of fused-ring (bicyclic) bond motifs is 7. The predicted octanol–water partition coefficient (Wildman–Crippen LogP) is 6.75. The zero-order chi connectivity index (χ0) is 31.5. The largest absolute Gasteiger partial charge is 0.481 e. The molecule has 0 spiro atoms. The van der Waals surface area contributed by atoms with E-state index in [4.69, 9.17) is 4.74 Å². The molecule has 0 amide bonds. The number of rotatable bonds is 3. The SMILES string of the molecule is CC1O[C@@H](C[C@@H]2CC[C@@]3(C)C(CC[C@]4(C)C3CC=C3C5CC(C)(C)CC[C@]5(C(=O)O)CC[C@]34C)C2(C)C)[C@@H](O)C(O)[C@@H]1O. The summed E-state index contributed by atoms with van der Waals surface area (Å²) in [6.07, 6.45) is 9.16. The Hall–Kier alpha value is -0.950. The number of allylic oxidation sites excluding steroid dienone is 2. The number of hydrogen-bond donors (Lipinski definition) is 4. The number of hydrogen-bond acceptors (Lipinski definition) is 5. The van der Waals surface area contributed by atoms with Gasteiger partial charge in [-0.05, 0) is 128 Å². The average Bonchev–Trinajstić information content (AvgIpc) is 2.91. The van der Waals surface area contributed by atoms with Gasteiger partial charge in [-0.2, -0.15) is 0 Å². The van der Waals surface area contributed by atoms with E-state index in [1.807, 2.05) is 0 Å². The lowest BCUT2D eigenvalue weighted by Gasteiger charge is -2.71. The van der Waals surface area contributed by atoms with E-state index >= 15 is 0 Å². The van der Waals surface area contributed by atoms with Crippen molar-refractivity contribution in [2.45, 2.75) is 157 Å². The lowest BCUT2D eigenvalue weighted by Crippen LogP contribution is -2.65. The van der Waals surface area contributed by atoms with Gasteiger partial charge in [0.15, 0.2) is 0 Å². The van der Waals surface area contributed by atoms with Gasteiger partial charge >= 0.3 is 5.97 Å². The number of carbonyl (C=O) groups is 1. The molecular formula is C37H60O6. The zero-order valence-corrected chi connectivity index (χ0v) is 28.2. The Kier molecular flexibility index (Phi) is 7.46. The lowest BCUT2D eigenvalue weighted by molar-refractivity contribution is -0.232. The molecule has 244 valence electrons. The fourth-order valence-corrected chi connectivity index (χ4v) is 12.7. The third-order valence-corrected chi connectivity index (χ3v) is 15.8. The molecule has 5 unspecified atom stereocenters. The van der Waals surface area contributed by atoms with Crippen molar-refractivity contribution in [2.24, 2.45) is 56.2 Å². The van der Waals surface area contributed by atoms with Crippen LogP contribution in [0.5, 0.6) is 0 Å². The van der Waals surface area contributed by atoms with Gasteiger partial charge in [-0.1, -0.05) is 60.1 Å². The number of carboxylic acid groups (broad SMARTS) is 1. The smallest absolute Gasteiger partial charge is 0.310 e. The van der Waals surface area contributed by atoms with Crippen molar-refractivity contribution in [1.82, 2.24) is 0 Å². The minimum Gasteiger partial charge on any atom is -0.481 e. The molecule has 6 rings (SSSR count). The Balaban J connectivity index is 1.30. The van der Waals surface area contributed by atoms with Gasteiger partial charge in [0, 0.05) is 0 Å². The molecule has 1 aliphatic heterocycles. The Bertz CT molecular complexity index is 1160. The van der Waals surface area contributed by atoms with Gasteiger partial charge in [-0.25, -0.2) is 0 Å². The second kappa shape index (κ2) is 10.0. The summed E-state index contributed by atoms with van der Waals surface area (Å²) >= 11 is 0. The minimum atomic E-state index is -1.17. The quantitative estimate of drug-likeness (QED) is 0.267. The first kappa shape index (κ1) is 32.0. The molecule has 0 bridgehead atoms. The summed E-state index contributed by atoms with van der Waals surface area (Å²) in [5.41, 5.74) is 1.45. The standard InChI is InChI=1S/C37H60O6/c1-21-28(38)30(40)29(39)25(43-21)19-22-11-13-34(6)26(33(22,4)5)12-14-36(8)27(34)10-9-23-24-20-32(2,3)15-17-37(24,31(41)42)18-16-35(23,36)7/h9,21-22,24-30,38-40H,10-20H2,1-8H3,(H,41,42)/t21?,22-,24?,25-,26?,27?,28+,29+,30?,34-,35+,36+,37-/m0/s1. The van der Waals surface area contributed by atoms with Crippen LogP contribution in [0.15, 0.2) is 11.6 Å². The number of aliphatic carboxylic acids is 1. The zero-order valence-electron chi connectivity index (χ0n) is 28.2. The van der Waals surface area contributed by atoms with Crippen molar-refractivity contribution in [3.05, 3.63) is 11.6 Å². The van der Waals surface area contributed by atoms with E-state index in [0.29, 0.717) is 24.2 Å². The molecule has 6 nitrogen and oxygen atoms in total. The normalized spacial score (nSPS) is 53.8. The first-order valence-corrected chi connectivity index (χ1v) is 17.5. The van der Waals surface area contributed by atoms with Crippen LogP contribution in [0.4, 0.5) is 0 Å². The maximum atomic E-state index is 12.9. The van der Waals surface area contributed by atoms with Crippen molar-refractivity contribution in [2.75, 3.05) is 0 Å². The van der Waals surface area contributed by atoms with E-state index in [0.717, 1.165) is 51.4 Å². The van der Waals surface area contributed by atoms with Crippen LogP contribution in [0.3, 0.4) is 0 Å². The fourth-order valence-electron chi connectivity index (χ4n) is 12.7. The highest BCUT2D eigenvalue weighted by Gasteiger charge is 2.69. The van der Waals surface area contributed by atoms with Crippen LogP contribution in [-0.2, 0) is 9.53 Å². The first-order valence-electron chi connectivity index (χ1n) is 17.5. The summed E-state index contributed by atoms with van der Waals surface area (Å²) in [7, 11) is 0. The molecule has 0 aromatic rings. The number of aliphatic hydroxyl groups excluding tert-OH is 3. The molecule has 6 heteroatoms. The molecule has 0 aromatic heterocycles. The Labute approximate surface area is 260 Å².